The van der Waals surface area contributed by atoms with E-state index in [2.05, 4.69) is 5.10 Å². The molecule has 2 aromatic rings. The molecule has 0 amide bonds. The average Bonchev–Trinajstić information content (AvgIpc) is 2.37. The zero-order valence-corrected chi connectivity index (χ0v) is 4.21. The lowest BCUT2D eigenvalue weighted by Gasteiger charge is -2.02. The summed E-state index contributed by atoms with van der Waals surface area (Å²) >= 11 is 0. The van der Waals surface area contributed by atoms with Crippen molar-refractivity contribution in [3.8, 4) is 0 Å². The van der Waals surface area contributed by atoms with Crippen LogP contribution in [0, 0.1) is 0 Å². The number of rotatable bonds is 0. The number of aromatic nitrogens is 2. The molecule has 2 aliphatic heterocycles. The Bertz CT molecular complexity index is 419. The second-order valence-electron chi connectivity index (χ2n) is 2.12. The highest BCUT2D eigenvalue weighted by atomic mass is 16.2. The second-order valence-corrected chi connectivity index (χ2v) is 2.12. The summed E-state index contributed by atoms with van der Waals surface area (Å²) in [5.41, 5.74) is 0.879. The zero-order chi connectivity index (χ0) is 6.17. The summed E-state index contributed by atoms with van der Waals surface area (Å²) in [6, 6.07) is 0. The maximum absolute atomic E-state index is 10.6. The summed E-state index contributed by atoms with van der Waals surface area (Å²) in [6.45, 7) is 0. The highest BCUT2D eigenvalue weighted by Crippen LogP contribution is 2.28. The summed E-state index contributed by atoms with van der Waals surface area (Å²) in [4.78, 5) is 21.1. The number of hydrogen-bond donors (Lipinski definition) is 0. The summed E-state index contributed by atoms with van der Waals surface area (Å²) in [7, 11) is 0. The van der Waals surface area contributed by atoms with Crippen LogP contribution in [0.4, 0.5) is 0 Å². The lowest BCUT2D eigenvalue weighted by Crippen LogP contribution is -2.25. The third kappa shape index (κ3) is 0.166. The molecule has 4 rings (SSSR count). The minimum absolute atomic E-state index is 0.000370. The lowest BCUT2D eigenvalue weighted by atomic mass is 10.4. The molecular formula is C5N2O2. The van der Waals surface area contributed by atoms with E-state index in [1.54, 1.807) is 0 Å². The van der Waals surface area contributed by atoms with Crippen LogP contribution in [0.1, 0.15) is 10.5 Å². The summed E-state index contributed by atoms with van der Waals surface area (Å²) in [5.74, 6) is -0.111. The molecule has 42 valence electrons. The minimum Gasteiger partial charge on any atom is -0.287 e. The van der Waals surface area contributed by atoms with E-state index in [1.807, 2.05) is 0 Å². The Hall–Kier alpha value is -1.45. The molecule has 0 N–H and O–H groups in total. The summed E-state index contributed by atoms with van der Waals surface area (Å²) in [6.07, 6.45) is 0. The van der Waals surface area contributed by atoms with Gasteiger partial charge < -0.3 is 0 Å². The average molecular weight is 120 g/mol. The van der Waals surface area contributed by atoms with Crippen molar-refractivity contribution in [1.82, 2.24) is 9.78 Å². The van der Waals surface area contributed by atoms with E-state index in [4.69, 9.17) is 0 Å². The van der Waals surface area contributed by atoms with E-state index >= 15 is 0 Å². The molecule has 0 saturated carbocycles. The fourth-order valence-electron chi connectivity index (χ4n) is 1.14. The maximum Gasteiger partial charge on any atom is 0.300 e. The largest absolute Gasteiger partial charge is 0.300 e. The van der Waals surface area contributed by atoms with Crippen molar-refractivity contribution in [2.45, 2.75) is 0 Å². The van der Waals surface area contributed by atoms with Crippen LogP contribution < -0.4 is 5.43 Å². The first-order chi connectivity index (χ1) is 4.30. The van der Waals surface area contributed by atoms with E-state index in [9.17, 15) is 9.59 Å². The number of nitrogens with zero attached hydrogens (tertiary/aromatic N) is 2. The SMILES string of the molecule is O=C1c2nn1c1c(=O)c21. The summed E-state index contributed by atoms with van der Waals surface area (Å²) < 4.78 is 1.16. The van der Waals surface area contributed by atoms with Crippen molar-refractivity contribution in [3.63, 3.8) is 0 Å². The molecule has 0 spiro atoms. The van der Waals surface area contributed by atoms with Crippen molar-refractivity contribution in [3.05, 3.63) is 15.9 Å². The van der Waals surface area contributed by atoms with Gasteiger partial charge in [0, 0.05) is 0 Å². The quantitative estimate of drug-likeness (QED) is 0.393. The molecule has 0 aliphatic carbocycles. The molecule has 0 atom stereocenters. The fourth-order valence-corrected chi connectivity index (χ4v) is 1.14. The fraction of sp³-hybridized carbons (Fsp3) is 0. The van der Waals surface area contributed by atoms with Gasteiger partial charge in [0.05, 0.1) is 5.39 Å². The van der Waals surface area contributed by atoms with Crippen LogP contribution in [0.25, 0.3) is 10.9 Å². The van der Waals surface area contributed by atoms with Gasteiger partial charge in [-0.05, 0) is 0 Å². The van der Waals surface area contributed by atoms with Crippen LogP contribution in [0.5, 0.6) is 0 Å². The van der Waals surface area contributed by atoms with Crippen LogP contribution in [-0.2, 0) is 0 Å². The molecule has 0 saturated heterocycles. The van der Waals surface area contributed by atoms with Gasteiger partial charge in [0.2, 0.25) is 5.43 Å². The second kappa shape index (κ2) is 0.655. The van der Waals surface area contributed by atoms with Crippen molar-refractivity contribution in [2.75, 3.05) is 0 Å². The predicted octanol–water partition coefficient (Wildman–Crippen LogP) is -0.726. The molecule has 0 radical (unpaired) electrons. The van der Waals surface area contributed by atoms with Crippen LogP contribution in [0.3, 0.4) is 0 Å². The van der Waals surface area contributed by atoms with Gasteiger partial charge in [-0.1, -0.05) is 0 Å². The van der Waals surface area contributed by atoms with E-state index in [0.29, 0.717) is 16.6 Å². The van der Waals surface area contributed by atoms with Gasteiger partial charge in [-0.3, -0.25) is 9.59 Å². The molecule has 1 aromatic carbocycles. The van der Waals surface area contributed by atoms with Gasteiger partial charge in [0.25, 0.3) is 5.91 Å². The third-order valence-electron chi connectivity index (χ3n) is 1.66. The van der Waals surface area contributed by atoms with Crippen molar-refractivity contribution in [2.24, 2.45) is 0 Å². The van der Waals surface area contributed by atoms with Gasteiger partial charge in [-0.2, -0.15) is 9.78 Å². The van der Waals surface area contributed by atoms with Crippen molar-refractivity contribution < 1.29 is 4.79 Å². The Morgan fingerprint density at radius 2 is 2.11 bits per heavy atom. The molecule has 0 unspecified atom stereocenters. The summed E-state index contributed by atoms with van der Waals surface area (Å²) in [5, 5.41) is 4.26. The Balaban J connectivity index is 2.77. The van der Waals surface area contributed by atoms with E-state index in [0.717, 1.165) is 4.68 Å². The van der Waals surface area contributed by atoms with Crippen molar-refractivity contribution >= 4 is 16.8 Å². The lowest BCUT2D eigenvalue weighted by molar-refractivity contribution is 0.0908. The molecule has 9 heavy (non-hydrogen) atoms. The van der Waals surface area contributed by atoms with Gasteiger partial charge in [-0.25, -0.2) is 0 Å². The van der Waals surface area contributed by atoms with Gasteiger partial charge in [0.15, 0.2) is 5.69 Å². The Kier molecular flexibility index (Phi) is 0.258. The van der Waals surface area contributed by atoms with Crippen LogP contribution in [0.15, 0.2) is 4.79 Å². The Labute approximate surface area is 48.4 Å². The molecular weight excluding hydrogens is 120 g/mol. The number of carbonyl (C=O) groups excluding carboxylic acids is 1. The molecule has 4 heteroatoms. The molecule has 0 fully saturated rings. The molecule has 2 aliphatic rings. The molecule has 2 bridgehead atoms. The molecule has 1 aromatic heterocycles. The zero-order valence-electron chi connectivity index (χ0n) is 4.21. The Morgan fingerprint density at radius 3 is 2.44 bits per heavy atom. The van der Waals surface area contributed by atoms with Crippen LogP contribution in [0.2, 0.25) is 0 Å². The predicted molar refractivity (Wildman–Crippen MR) is 28.1 cm³/mol. The van der Waals surface area contributed by atoms with Crippen LogP contribution in [-0.4, -0.2) is 15.7 Å². The van der Waals surface area contributed by atoms with Gasteiger partial charge >= 0.3 is 0 Å². The normalized spacial score (nSPS) is 15.3. The number of carbonyl (C=O) groups is 1. The van der Waals surface area contributed by atoms with E-state index in [-0.39, 0.29) is 11.3 Å². The first-order valence-electron chi connectivity index (χ1n) is 2.53. The topological polar surface area (TPSA) is 52.0 Å². The minimum atomic E-state index is -0.111. The van der Waals surface area contributed by atoms with Gasteiger partial charge in [0.1, 0.15) is 5.52 Å². The standard InChI is InChI=1S/C5N2O2/c8-4-1-2-5(9)7(6-2)3(1)4. The van der Waals surface area contributed by atoms with E-state index < -0.39 is 0 Å². The molecule has 3 heterocycles. The number of hydrogen-bond acceptors (Lipinski definition) is 3. The first-order valence-corrected chi connectivity index (χ1v) is 2.53. The third-order valence-corrected chi connectivity index (χ3v) is 1.66. The first kappa shape index (κ1) is 3.55. The molecule has 4 nitrogen and oxygen atoms in total. The smallest absolute Gasteiger partial charge is 0.287 e. The van der Waals surface area contributed by atoms with Crippen molar-refractivity contribution in [1.29, 1.82) is 0 Å². The monoisotopic (exact) mass is 120 g/mol. The maximum atomic E-state index is 10.6. The van der Waals surface area contributed by atoms with Crippen LogP contribution >= 0.6 is 0 Å². The Morgan fingerprint density at radius 1 is 1.33 bits per heavy atom. The highest BCUT2D eigenvalue weighted by Gasteiger charge is 2.40. The van der Waals surface area contributed by atoms with Gasteiger partial charge in [-0.15, -0.1) is 0 Å². The van der Waals surface area contributed by atoms with E-state index in [1.165, 1.54) is 0 Å². The highest BCUT2D eigenvalue weighted by molar-refractivity contribution is 6.22.